The summed E-state index contributed by atoms with van der Waals surface area (Å²) in [6, 6.07) is 0. The molecule has 0 N–H and O–H groups in total. The topological polar surface area (TPSA) is 35.5 Å². The SMILES string of the molecule is CCOP(=O)(OC)C1CCCCC1. The maximum Gasteiger partial charge on any atom is 0.333 e. The molecule has 1 fully saturated rings. The minimum absolute atomic E-state index is 0.145. The van der Waals surface area contributed by atoms with Crippen LogP contribution in [0.25, 0.3) is 0 Å². The highest BCUT2D eigenvalue weighted by molar-refractivity contribution is 7.54. The lowest BCUT2D eigenvalue weighted by atomic mass is 10.0. The first kappa shape index (κ1) is 11.2. The summed E-state index contributed by atoms with van der Waals surface area (Å²) in [5, 5.41) is 0. The number of hydrogen-bond acceptors (Lipinski definition) is 3. The average molecular weight is 206 g/mol. The summed E-state index contributed by atoms with van der Waals surface area (Å²) in [5.74, 6) is 0. The van der Waals surface area contributed by atoms with Gasteiger partial charge in [-0.3, -0.25) is 4.57 Å². The van der Waals surface area contributed by atoms with Gasteiger partial charge >= 0.3 is 7.60 Å². The highest BCUT2D eigenvalue weighted by Crippen LogP contribution is 2.56. The van der Waals surface area contributed by atoms with Gasteiger partial charge in [0.1, 0.15) is 0 Å². The van der Waals surface area contributed by atoms with Crippen molar-refractivity contribution in [2.45, 2.75) is 44.7 Å². The van der Waals surface area contributed by atoms with Gasteiger partial charge in [0.15, 0.2) is 0 Å². The van der Waals surface area contributed by atoms with Crippen LogP contribution in [0.3, 0.4) is 0 Å². The predicted molar refractivity (Wildman–Crippen MR) is 53.1 cm³/mol. The normalized spacial score (nSPS) is 24.2. The maximum absolute atomic E-state index is 12.1. The molecule has 0 aromatic rings. The highest BCUT2D eigenvalue weighted by Gasteiger charge is 2.35. The van der Waals surface area contributed by atoms with Crippen molar-refractivity contribution in [3.8, 4) is 0 Å². The molecule has 1 saturated carbocycles. The van der Waals surface area contributed by atoms with Crippen LogP contribution >= 0.6 is 7.60 Å². The molecular formula is C9H19O3P. The Bertz CT molecular complexity index is 187. The van der Waals surface area contributed by atoms with E-state index in [2.05, 4.69) is 0 Å². The molecule has 0 aromatic heterocycles. The molecule has 0 radical (unpaired) electrons. The smallest absolute Gasteiger partial charge is 0.312 e. The van der Waals surface area contributed by atoms with E-state index in [4.69, 9.17) is 9.05 Å². The van der Waals surface area contributed by atoms with Gasteiger partial charge in [0.05, 0.1) is 12.3 Å². The van der Waals surface area contributed by atoms with Crippen molar-refractivity contribution in [3.63, 3.8) is 0 Å². The summed E-state index contributed by atoms with van der Waals surface area (Å²) < 4.78 is 22.4. The zero-order valence-electron chi connectivity index (χ0n) is 8.49. The van der Waals surface area contributed by atoms with E-state index in [1.54, 1.807) is 0 Å². The predicted octanol–water partition coefficient (Wildman–Crippen LogP) is 3.20. The van der Waals surface area contributed by atoms with E-state index in [-0.39, 0.29) is 5.66 Å². The van der Waals surface area contributed by atoms with Crippen LogP contribution in [-0.4, -0.2) is 19.4 Å². The molecule has 0 spiro atoms. The van der Waals surface area contributed by atoms with Gasteiger partial charge in [-0.15, -0.1) is 0 Å². The van der Waals surface area contributed by atoms with Gasteiger partial charge in [0, 0.05) is 7.11 Å². The van der Waals surface area contributed by atoms with Crippen LogP contribution in [-0.2, 0) is 13.6 Å². The van der Waals surface area contributed by atoms with Crippen molar-refractivity contribution >= 4 is 7.60 Å². The summed E-state index contributed by atoms with van der Waals surface area (Å²) in [4.78, 5) is 0. The first-order chi connectivity index (χ1) is 6.23. The van der Waals surface area contributed by atoms with E-state index in [0.29, 0.717) is 6.61 Å². The Morgan fingerprint density at radius 2 is 1.92 bits per heavy atom. The Balaban J connectivity index is 2.57. The van der Waals surface area contributed by atoms with Crippen molar-refractivity contribution in [3.05, 3.63) is 0 Å². The molecule has 0 saturated heterocycles. The lowest BCUT2D eigenvalue weighted by Gasteiger charge is -2.27. The second-order valence-electron chi connectivity index (χ2n) is 3.43. The zero-order chi connectivity index (χ0) is 9.73. The van der Waals surface area contributed by atoms with Crippen LogP contribution in [0.1, 0.15) is 39.0 Å². The van der Waals surface area contributed by atoms with E-state index < -0.39 is 7.60 Å². The maximum atomic E-state index is 12.1. The third kappa shape index (κ3) is 2.80. The average Bonchev–Trinajstić information content (AvgIpc) is 2.19. The van der Waals surface area contributed by atoms with Gasteiger partial charge in [-0.05, 0) is 19.8 Å². The standard InChI is InChI=1S/C9H19O3P/c1-3-12-13(10,11-2)9-7-5-4-6-8-9/h9H,3-8H2,1-2H3. The Kier molecular flexibility index (Phi) is 4.43. The molecule has 1 rings (SSSR count). The molecule has 4 heteroatoms. The summed E-state index contributed by atoms with van der Waals surface area (Å²) in [7, 11) is -1.28. The van der Waals surface area contributed by atoms with Crippen LogP contribution in [0.4, 0.5) is 0 Å². The molecule has 13 heavy (non-hydrogen) atoms. The quantitative estimate of drug-likeness (QED) is 0.662. The van der Waals surface area contributed by atoms with Gasteiger partial charge < -0.3 is 9.05 Å². The van der Waals surface area contributed by atoms with Crippen molar-refractivity contribution in [2.24, 2.45) is 0 Å². The molecule has 1 unspecified atom stereocenters. The second kappa shape index (κ2) is 5.14. The minimum Gasteiger partial charge on any atom is -0.312 e. The Labute approximate surface area is 80.3 Å². The molecule has 3 nitrogen and oxygen atoms in total. The molecule has 0 amide bonds. The van der Waals surface area contributed by atoms with Gasteiger partial charge in [-0.25, -0.2) is 0 Å². The van der Waals surface area contributed by atoms with Gasteiger partial charge in [-0.1, -0.05) is 19.3 Å². The zero-order valence-corrected chi connectivity index (χ0v) is 9.39. The third-order valence-electron chi connectivity index (χ3n) is 2.59. The fourth-order valence-corrected chi connectivity index (χ4v) is 3.86. The third-order valence-corrected chi connectivity index (χ3v) is 5.12. The summed E-state index contributed by atoms with van der Waals surface area (Å²) in [5.41, 5.74) is 0.145. The van der Waals surface area contributed by atoms with E-state index in [0.717, 1.165) is 25.7 Å². The summed E-state index contributed by atoms with van der Waals surface area (Å²) in [6.07, 6.45) is 5.55. The lowest BCUT2D eigenvalue weighted by molar-refractivity contribution is 0.227. The fourth-order valence-electron chi connectivity index (χ4n) is 1.88. The monoisotopic (exact) mass is 206 g/mol. The van der Waals surface area contributed by atoms with Crippen LogP contribution in [0, 0.1) is 0 Å². The largest absolute Gasteiger partial charge is 0.333 e. The van der Waals surface area contributed by atoms with Crippen LogP contribution in [0.5, 0.6) is 0 Å². The molecule has 0 heterocycles. The molecule has 78 valence electrons. The van der Waals surface area contributed by atoms with E-state index in [1.807, 2.05) is 6.92 Å². The Hall–Kier alpha value is 0.150. The van der Waals surface area contributed by atoms with Crippen LogP contribution < -0.4 is 0 Å². The lowest BCUT2D eigenvalue weighted by Crippen LogP contribution is -2.15. The van der Waals surface area contributed by atoms with Crippen LogP contribution in [0.2, 0.25) is 0 Å². The van der Waals surface area contributed by atoms with E-state index in [1.165, 1.54) is 13.5 Å². The fraction of sp³-hybridized carbons (Fsp3) is 1.00. The first-order valence-electron chi connectivity index (χ1n) is 5.03. The van der Waals surface area contributed by atoms with Crippen molar-refractivity contribution in [1.29, 1.82) is 0 Å². The van der Waals surface area contributed by atoms with Crippen LogP contribution in [0.15, 0.2) is 0 Å². The van der Waals surface area contributed by atoms with Crippen molar-refractivity contribution < 1.29 is 13.6 Å². The molecule has 1 aliphatic rings. The molecule has 0 aromatic carbocycles. The molecule has 0 bridgehead atoms. The van der Waals surface area contributed by atoms with Gasteiger partial charge in [-0.2, -0.15) is 0 Å². The van der Waals surface area contributed by atoms with E-state index >= 15 is 0 Å². The molecular weight excluding hydrogens is 187 g/mol. The first-order valence-corrected chi connectivity index (χ1v) is 6.64. The second-order valence-corrected chi connectivity index (χ2v) is 5.87. The molecule has 1 aliphatic carbocycles. The number of rotatable bonds is 4. The molecule has 0 aliphatic heterocycles. The summed E-state index contributed by atoms with van der Waals surface area (Å²) in [6.45, 7) is 2.33. The minimum atomic E-state index is -2.78. The van der Waals surface area contributed by atoms with Gasteiger partial charge in [0.2, 0.25) is 0 Å². The highest BCUT2D eigenvalue weighted by atomic mass is 31.2. The Morgan fingerprint density at radius 3 is 2.38 bits per heavy atom. The van der Waals surface area contributed by atoms with Gasteiger partial charge in [0.25, 0.3) is 0 Å². The Morgan fingerprint density at radius 1 is 1.31 bits per heavy atom. The molecule has 1 atom stereocenters. The van der Waals surface area contributed by atoms with E-state index in [9.17, 15) is 4.57 Å². The summed E-state index contributed by atoms with van der Waals surface area (Å²) >= 11 is 0. The van der Waals surface area contributed by atoms with Crippen molar-refractivity contribution in [1.82, 2.24) is 0 Å². The van der Waals surface area contributed by atoms with Crippen molar-refractivity contribution in [2.75, 3.05) is 13.7 Å². The number of hydrogen-bond donors (Lipinski definition) is 0.